The number of alkyl halides is 5. The molecule has 0 N–H and O–H groups in total. The predicted molar refractivity (Wildman–Crippen MR) is 21.5 cm³/mol. The van der Waals surface area contributed by atoms with Crippen LogP contribution < -0.4 is 0 Å². The van der Waals surface area contributed by atoms with Crippen LogP contribution in [-0.2, 0) is 0 Å². The zero-order valence-corrected chi connectivity index (χ0v) is 4.38. The van der Waals surface area contributed by atoms with E-state index in [0.717, 1.165) is 0 Å². The highest BCUT2D eigenvalue weighted by Gasteiger charge is 2.39. The second-order valence-corrected chi connectivity index (χ2v) is 1.55. The van der Waals surface area contributed by atoms with Crippen LogP contribution in [0, 0.1) is 5.92 Å². The topological polar surface area (TPSA) is 0 Å². The molecule has 0 saturated heterocycles. The highest BCUT2D eigenvalue weighted by atomic mass is 19.4. The number of hydrogen-bond acceptors (Lipinski definition) is 0. The molecule has 0 fully saturated rings. The molecule has 9 heavy (non-hydrogen) atoms. The van der Waals surface area contributed by atoms with Gasteiger partial charge in [-0.15, -0.1) is 0 Å². The minimum atomic E-state index is -4.73. The Morgan fingerprint density at radius 3 is 1.33 bits per heavy atom. The smallest absolute Gasteiger partial charge is 0.250 e. The summed E-state index contributed by atoms with van der Waals surface area (Å²) in [6.07, 6.45) is -4.73. The van der Waals surface area contributed by atoms with Crippen molar-refractivity contribution in [3.63, 3.8) is 0 Å². The average molecular weight is 148 g/mol. The molecular formula is C4H5F5. The molecule has 0 aliphatic heterocycles. The van der Waals surface area contributed by atoms with Gasteiger partial charge in [-0.25, -0.2) is 0 Å². The van der Waals surface area contributed by atoms with Gasteiger partial charge in [0, 0.05) is 0 Å². The first-order chi connectivity index (χ1) is 4.02. The second-order valence-electron chi connectivity index (χ2n) is 1.55. The van der Waals surface area contributed by atoms with Gasteiger partial charge >= 0.3 is 6.18 Å². The molecule has 0 unspecified atom stereocenters. The van der Waals surface area contributed by atoms with Crippen molar-refractivity contribution >= 4 is 0 Å². The Balaban J connectivity index is 3.79. The summed E-state index contributed by atoms with van der Waals surface area (Å²) in [5, 5.41) is 0. The van der Waals surface area contributed by atoms with Crippen LogP contribution in [0.15, 0.2) is 0 Å². The molecule has 0 radical (unpaired) electrons. The van der Waals surface area contributed by atoms with Crippen molar-refractivity contribution in [2.45, 2.75) is 6.18 Å². The lowest BCUT2D eigenvalue weighted by molar-refractivity contribution is -0.181. The summed E-state index contributed by atoms with van der Waals surface area (Å²) in [5.41, 5.74) is 0. The van der Waals surface area contributed by atoms with E-state index in [4.69, 9.17) is 0 Å². The molecule has 0 heterocycles. The Labute approximate surface area is 48.7 Å². The van der Waals surface area contributed by atoms with E-state index in [-0.39, 0.29) is 0 Å². The lowest BCUT2D eigenvalue weighted by Crippen LogP contribution is -2.26. The molecule has 0 aliphatic rings. The van der Waals surface area contributed by atoms with Gasteiger partial charge in [-0.3, -0.25) is 8.78 Å². The lowest BCUT2D eigenvalue weighted by Gasteiger charge is -2.11. The van der Waals surface area contributed by atoms with Gasteiger partial charge in [-0.1, -0.05) is 0 Å². The molecule has 0 nitrogen and oxygen atoms in total. The molecule has 0 saturated carbocycles. The monoisotopic (exact) mass is 148 g/mol. The summed E-state index contributed by atoms with van der Waals surface area (Å²) in [4.78, 5) is 0. The fourth-order valence-electron chi connectivity index (χ4n) is 0.216. The zero-order chi connectivity index (χ0) is 7.49. The van der Waals surface area contributed by atoms with Crippen LogP contribution in [-0.4, -0.2) is 19.5 Å². The molecule has 0 aromatic heterocycles. The van der Waals surface area contributed by atoms with Crippen molar-refractivity contribution < 1.29 is 22.0 Å². The summed E-state index contributed by atoms with van der Waals surface area (Å²) in [6.45, 7) is -3.36. The highest BCUT2D eigenvalue weighted by molar-refractivity contribution is 4.64. The largest absolute Gasteiger partial charge is 0.396 e. The van der Waals surface area contributed by atoms with Crippen molar-refractivity contribution in [1.29, 1.82) is 0 Å². The normalized spacial score (nSPS) is 12.7. The summed E-state index contributed by atoms with van der Waals surface area (Å²) >= 11 is 0. The van der Waals surface area contributed by atoms with Crippen LogP contribution in [0.25, 0.3) is 0 Å². The fourth-order valence-corrected chi connectivity index (χ4v) is 0.216. The van der Waals surface area contributed by atoms with Gasteiger partial charge in [0.1, 0.15) is 19.3 Å². The maximum absolute atomic E-state index is 11.2. The third-order valence-electron chi connectivity index (χ3n) is 0.835. The molecule has 56 valence electrons. The van der Waals surface area contributed by atoms with Crippen molar-refractivity contribution in [1.82, 2.24) is 0 Å². The molecule has 0 amide bonds. The van der Waals surface area contributed by atoms with E-state index < -0.39 is 25.4 Å². The highest BCUT2D eigenvalue weighted by Crippen LogP contribution is 2.26. The van der Waals surface area contributed by atoms with E-state index in [1.807, 2.05) is 0 Å². The zero-order valence-electron chi connectivity index (χ0n) is 4.38. The van der Waals surface area contributed by atoms with Gasteiger partial charge in [-0.2, -0.15) is 13.2 Å². The minimum absolute atomic E-state index is 1.68. The minimum Gasteiger partial charge on any atom is -0.250 e. The average Bonchev–Trinajstić information content (AvgIpc) is 1.65. The van der Waals surface area contributed by atoms with E-state index in [2.05, 4.69) is 0 Å². The van der Waals surface area contributed by atoms with Crippen LogP contribution in [0.2, 0.25) is 0 Å². The van der Waals surface area contributed by atoms with Crippen LogP contribution in [0.1, 0.15) is 0 Å². The van der Waals surface area contributed by atoms with E-state index in [1.54, 1.807) is 0 Å². The SMILES string of the molecule is FCC(CF)C(F)(F)F. The molecule has 0 aliphatic carbocycles. The molecule has 0 aromatic carbocycles. The summed E-state index contributed by atoms with van der Waals surface area (Å²) in [7, 11) is 0. The maximum atomic E-state index is 11.2. The summed E-state index contributed by atoms with van der Waals surface area (Å²) in [5.74, 6) is -2.43. The first-order valence-corrected chi connectivity index (χ1v) is 2.21. The molecule has 0 atom stereocenters. The van der Waals surface area contributed by atoms with Crippen LogP contribution in [0.4, 0.5) is 22.0 Å². The Morgan fingerprint density at radius 2 is 1.33 bits per heavy atom. The molecular weight excluding hydrogens is 143 g/mol. The lowest BCUT2D eigenvalue weighted by atomic mass is 10.2. The number of rotatable bonds is 2. The van der Waals surface area contributed by atoms with Gasteiger partial charge in [0.15, 0.2) is 0 Å². The maximum Gasteiger partial charge on any atom is 0.396 e. The van der Waals surface area contributed by atoms with Crippen LogP contribution >= 0.6 is 0 Å². The molecule has 5 heteroatoms. The van der Waals surface area contributed by atoms with Gasteiger partial charge < -0.3 is 0 Å². The van der Waals surface area contributed by atoms with Gasteiger partial charge in [-0.05, 0) is 0 Å². The van der Waals surface area contributed by atoms with Crippen LogP contribution in [0.5, 0.6) is 0 Å². The summed E-state index contributed by atoms with van der Waals surface area (Å²) in [6, 6.07) is 0. The molecule has 0 rings (SSSR count). The van der Waals surface area contributed by atoms with Crippen molar-refractivity contribution in [3.05, 3.63) is 0 Å². The van der Waals surface area contributed by atoms with Crippen molar-refractivity contribution in [3.8, 4) is 0 Å². The Bertz CT molecular complexity index is 71.5. The first kappa shape index (κ1) is 8.65. The van der Waals surface area contributed by atoms with Gasteiger partial charge in [0.25, 0.3) is 0 Å². The number of hydrogen-bond donors (Lipinski definition) is 0. The third-order valence-corrected chi connectivity index (χ3v) is 0.835. The van der Waals surface area contributed by atoms with Crippen LogP contribution in [0.3, 0.4) is 0 Å². The van der Waals surface area contributed by atoms with Gasteiger partial charge in [0.05, 0.1) is 0 Å². The number of halogens is 5. The fraction of sp³-hybridized carbons (Fsp3) is 1.00. The van der Waals surface area contributed by atoms with E-state index in [9.17, 15) is 22.0 Å². The Kier molecular flexibility index (Phi) is 2.87. The molecule has 0 bridgehead atoms. The third kappa shape index (κ3) is 2.62. The van der Waals surface area contributed by atoms with Crippen molar-refractivity contribution in [2.75, 3.05) is 13.3 Å². The predicted octanol–water partition coefficient (Wildman–Crippen LogP) is 2.10. The van der Waals surface area contributed by atoms with Gasteiger partial charge in [0.2, 0.25) is 0 Å². The second kappa shape index (κ2) is 2.98. The molecule has 0 aromatic rings. The van der Waals surface area contributed by atoms with E-state index in [1.165, 1.54) is 0 Å². The van der Waals surface area contributed by atoms with E-state index >= 15 is 0 Å². The molecule has 0 spiro atoms. The first-order valence-electron chi connectivity index (χ1n) is 2.21. The quantitative estimate of drug-likeness (QED) is 0.526. The van der Waals surface area contributed by atoms with Crippen molar-refractivity contribution in [2.24, 2.45) is 5.92 Å². The Hall–Kier alpha value is -0.350. The van der Waals surface area contributed by atoms with E-state index in [0.29, 0.717) is 0 Å². The summed E-state index contributed by atoms with van der Waals surface area (Å²) < 4.78 is 56.1. The Morgan fingerprint density at radius 1 is 1.00 bits per heavy atom. The standard InChI is InChI=1S/C4H5F5/c5-1-3(2-6)4(7,8)9/h3H,1-2H2.